The number of hydrogen-bond donors (Lipinski definition) is 0. The Morgan fingerprint density at radius 2 is 1.50 bits per heavy atom. The van der Waals surface area contributed by atoms with E-state index in [0.29, 0.717) is 16.6 Å². The molecule has 5 heteroatoms. The summed E-state index contributed by atoms with van der Waals surface area (Å²) in [5, 5.41) is 0. The molecule has 0 radical (unpaired) electrons. The molecule has 0 spiro atoms. The minimum Gasteiger partial charge on any atom is -0.399 e. The molecule has 0 unspecified atom stereocenters. The second kappa shape index (κ2) is 5.83. The van der Waals surface area contributed by atoms with Gasteiger partial charge in [0.05, 0.1) is 11.2 Å². The SMILES string of the molecule is CC1(C)OB(c2ccc(C(=O)c3ccccc3)cc2F)OC1(C)C. The molecule has 0 amide bonds. The molecule has 1 aliphatic heterocycles. The normalized spacial score (nSPS) is 18.6. The topological polar surface area (TPSA) is 35.5 Å². The van der Waals surface area contributed by atoms with Crippen molar-refractivity contribution in [3.63, 3.8) is 0 Å². The monoisotopic (exact) mass is 326 g/mol. The first-order chi connectivity index (χ1) is 11.2. The van der Waals surface area contributed by atoms with E-state index in [1.54, 1.807) is 36.4 Å². The Bertz CT molecular complexity index is 755. The summed E-state index contributed by atoms with van der Waals surface area (Å²) >= 11 is 0. The molecule has 1 fully saturated rings. The maximum absolute atomic E-state index is 14.6. The van der Waals surface area contributed by atoms with Gasteiger partial charge >= 0.3 is 7.12 Å². The molecule has 0 aromatic heterocycles. The highest BCUT2D eigenvalue weighted by Crippen LogP contribution is 2.36. The van der Waals surface area contributed by atoms with Gasteiger partial charge in [-0.1, -0.05) is 42.5 Å². The highest BCUT2D eigenvalue weighted by atomic mass is 19.1. The predicted octanol–water partition coefficient (Wildman–Crippen LogP) is 3.36. The molecular weight excluding hydrogens is 306 g/mol. The highest BCUT2D eigenvalue weighted by Gasteiger charge is 2.52. The van der Waals surface area contributed by atoms with Crippen LogP contribution < -0.4 is 5.46 Å². The molecule has 0 aliphatic carbocycles. The number of carbonyl (C=O) groups is 1. The summed E-state index contributed by atoms with van der Waals surface area (Å²) in [6.45, 7) is 7.66. The van der Waals surface area contributed by atoms with Crippen molar-refractivity contribution in [1.29, 1.82) is 0 Å². The zero-order valence-corrected chi connectivity index (χ0v) is 14.3. The summed E-state index contributed by atoms with van der Waals surface area (Å²) in [7, 11) is -0.782. The summed E-state index contributed by atoms with van der Waals surface area (Å²) in [6.07, 6.45) is 0. The van der Waals surface area contributed by atoms with Gasteiger partial charge in [-0.25, -0.2) is 4.39 Å². The van der Waals surface area contributed by atoms with Gasteiger partial charge in [-0.05, 0) is 33.8 Å². The van der Waals surface area contributed by atoms with Crippen molar-refractivity contribution in [1.82, 2.24) is 0 Å². The lowest BCUT2D eigenvalue weighted by atomic mass is 9.78. The van der Waals surface area contributed by atoms with Gasteiger partial charge in [0, 0.05) is 16.6 Å². The highest BCUT2D eigenvalue weighted by molar-refractivity contribution is 6.62. The van der Waals surface area contributed by atoms with Crippen LogP contribution in [0.5, 0.6) is 0 Å². The lowest BCUT2D eigenvalue weighted by Crippen LogP contribution is -2.41. The number of benzene rings is 2. The van der Waals surface area contributed by atoms with E-state index in [1.807, 2.05) is 33.8 Å². The minimum absolute atomic E-state index is 0.213. The third kappa shape index (κ3) is 2.90. The molecule has 0 saturated carbocycles. The first-order valence-corrected chi connectivity index (χ1v) is 7.96. The predicted molar refractivity (Wildman–Crippen MR) is 92.0 cm³/mol. The van der Waals surface area contributed by atoms with E-state index in [0.717, 1.165) is 0 Å². The van der Waals surface area contributed by atoms with E-state index >= 15 is 0 Å². The lowest BCUT2D eigenvalue weighted by molar-refractivity contribution is 0.00578. The summed E-state index contributed by atoms with van der Waals surface area (Å²) in [4.78, 5) is 12.4. The number of carbonyl (C=O) groups excluding carboxylic acids is 1. The van der Waals surface area contributed by atoms with Crippen molar-refractivity contribution in [2.24, 2.45) is 0 Å². The maximum atomic E-state index is 14.6. The second-order valence-corrected chi connectivity index (χ2v) is 7.02. The lowest BCUT2D eigenvalue weighted by Gasteiger charge is -2.32. The standard InChI is InChI=1S/C19H20BFO3/c1-18(2)19(3,4)24-20(23-18)15-11-10-14(12-16(15)21)17(22)13-8-6-5-7-9-13/h5-12H,1-4H3. The molecule has 1 heterocycles. The van der Waals surface area contributed by atoms with Crippen molar-refractivity contribution in [2.75, 3.05) is 0 Å². The minimum atomic E-state index is -0.782. The fourth-order valence-corrected chi connectivity index (χ4v) is 2.59. The summed E-state index contributed by atoms with van der Waals surface area (Å²) in [5.41, 5.74) is 0.0585. The molecule has 124 valence electrons. The van der Waals surface area contributed by atoms with Crippen molar-refractivity contribution in [2.45, 2.75) is 38.9 Å². The average molecular weight is 326 g/mol. The van der Waals surface area contributed by atoms with Crippen LogP contribution in [0.3, 0.4) is 0 Å². The molecule has 2 aromatic rings. The van der Waals surface area contributed by atoms with Crippen LogP contribution in [0.25, 0.3) is 0 Å². The molecule has 1 aliphatic rings. The van der Waals surface area contributed by atoms with E-state index in [1.165, 1.54) is 6.07 Å². The van der Waals surface area contributed by atoms with Crippen LogP contribution in [0.2, 0.25) is 0 Å². The quantitative estimate of drug-likeness (QED) is 0.641. The van der Waals surface area contributed by atoms with Crippen LogP contribution in [0.4, 0.5) is 4.39 Å². The Balaban J connectivity index is 1.88. The summed E-state index contributed by atoms with van der Waals surface area (Å²) in [6, 6.07) is 13.2. The summed E-state index contributed by atoms with van der Waals surface area (Å²) < 4.78 is 26.3. The third-order valence-corrected chi connectivity index (χ3v) is 4.81. The van der Waals surface area contributed by atoms with Crippen LogP contribution >= 0.6 is 0 Å². The molecule has 3 rings (SSSR count). The van der Waals surface area contributed by atoms with Gasteiger partial charge in [0.25, 0.3) is 0 Å². The van der Waals surface area contributed by atoms with E-state index in [9.17, 15) is 9.18 Å². The van der Waals surface area contributed by atoms with Gasteiger partial charge in [-0.15, -0.1) is 0 Å². The number of halogens is 1. The fourth-order valence-electron chi connectivity index (χ4n) is 2.59. The third-order valence-electron chi connectivity index (χ3n) is 4.81. The molecule has 2 aromatic carbocycles. The van der Waals surface area contributed by atoms with E-state index in [4.69, 9.17) is 9.31 Å². The smallest absolute Gasteiger partial charge is 0.399 e. The molecule has 0 N–H and O–H groups in total. The molecule has 0 bridgehead atoms. The van der Waals surface area contributed by atoms with E-state index in [-0.39, 0.29) is 5.78 Å². The largest absolute Gasteiger partial charge is 0.497 e. The van der Waals surface area contributed by atoms with Crippen molar-refractivity contribution >= 4 is 18.4 Å². The number of ketones is 1. The Morgan fingerprint density at radius 3 is 2.04 bits per heavy atom. The van der Waals surface area contributed by atoms with Crippen LogP contribution in [-0.2, 0) is 9.31 Å². The first kappa shape index (κ1) is 16.9. The zero-order valence-electron chi connectivity index (χ0n) is 14.3. The van der Waals surface area contributed by atoms with Crippen molar-refractivity contribution in [3.05, 3.63) is 65.5 Å². The Morgan fingerprint density at radius 1 is 0.917 bits per heavy atom. The van der Waals surface area contributed by atoms with Crippen LogP contribution in [0.15, 0.2) is 48.5 Å². The average Bonchev–Trinajstić information content (AvgIpc) is 2.75. The van der Waals surface area contributed by atoms with Crippen LogP contribution in [0.1, 0.15) is 43.6 Å². The van der Waals surface area contributed by atoms with Crippen LogP contribution in [-0.4, -0.2) is 24.1 Å². The van der Waals surface area contributed by atoms with Crippen LogP contribution in [0, 0.1) is 5.82 Å². The number of rotatable bonds is 3. The molecule has 0 atom stereocenters. The van der Waals surface area contributed by atoms with E-state index < -0.39 is 24.1 Å². The summed E-state index contributed by atoms with van der Waals surface area (Å²) in [5.74, 6) is -0.717. The first-order valence-electron chi connectivity index (χ1n) is 7.96. The van der Waals surface area contributed by atoms with Gasteiger partial charge in [0.2, 0.25) is 0 Å². The molecule has 1 saturated heterocycles. The van der Waals surface area contributed by atoms with Gasteiger partial charge in [0.1, 0.15) is 5.82 Å². The maximum Gasteiger partial charge on any atom is 0.497 e. The Kier molecular flexibility index (Phi) is 4.10. The van der Waals surface area contributed by atoms with Crippen molar-refractivity contribution in [3.8, 4) is 0 Å². The number of hydrogen-bond acceptors (Lipinski definition) is 3. The Hall–Kier alpha value is -1.98. The van der Waals surface area contributed by atoms with Gasteiger partial charge in [-0.2, -0.15) is 0 Å². The molecule has 24 heavy (non-hydrogen) atoms. The molecular formula is C19H20BFO3. The van der Waals surface area contributed by atoms with Crippen molar-refractivity contribution < 1.29 is 18.5 Å². The van der Waals surface area contributed by atoms with Gasteiger partial charge in [-0.3, -0.25) is 4.79 Å². The fraction of sp³-hybridized carbons (Fsp3) is 0.316. The van der Waals surface area contributed by atoms with Gasteiger partial charge in [0.15, 0.2) is 5.78 Å². The molecule has 3 nitrogen and oxygen atoms in total. The van der Waals surface area contributed by atoms with Gasteiger partial charge < -0.3 is 9.31 Å². The second-order valence-electron chi connectivity index (χ2n) is 7.02. The Labute approximate surface area is 141 Å². The van der Waals surface area contributed by atoms with E-state index in [2.05, 4.69) is 0 Å². The zero-order chi connectivity index (χ0) is 17.5.